The summed E-state index contributed by atoms with van der Waals surface area (Å²) in [6.07, 6.45) is 0.212. The normalized spacial score (nSPS) is 12.4. The number of hydrogen-bond acceptors (Lipinski definition) is 4. The Morgan fingerprint density at radius 1 is 1.38 bits per heavy atom. The molecule has 0 aliphatic carbocycles. The summed E-state index contributed by atoms with van der Waals surface area (Å²) in [6.45, 7) is 4.79. The second-order valence-corrected chi connectivity index (χ2v) is 7.50. The molecule has 0 aliphatic rings. The van der Waals surface area contributed by atoms with Crippen LogP contribution >= 0.6 is 0 Å². The highest BCUT2D eigenvalue weighted by Crippen LogP contribution is 2.24. The van der Waals surface area contributed by atoms with Gasteiger partial charge < -0.3 is 9.84 Å². The van der Waals surface area contributed by atoms with Crippen molar-refractivity contribution in [2.75, 3.05) is 12.9 Å². The van der Waals surface area contributed by atoms with Crippen LogP contribution in [0.15, 0.2) is 17.0 Å². The Morgan fingerprint density at radius 3 is 2.43 bits per heavy atom. The first-order chi connectivity index (χ1) is 9.50. The summed E-state index contributed by atoms with van der Waals surface area (Å²) in [6, 6.07) is 1.81. The van der Waals surface area contributed by atoms with Crippen LogP contribution in [0.2, 0.25) is 0 Å². The lowest BCUT2D eigenvalue weighted by molar-refractivity contribution is 0.0203. The Hall–Kier alpha value is -1.47. The van der Waals surface area contributed by atoms with Gasteiger partial charge in [0.1, 0.15) is 5.82 Å². The van der Waals surface area contributed by atoms with Gasteiger partial charge in [-0.2, -0.15) is 0 Å². The minimum atomic E-state index is -3.80. The van der Waals surface area contributed by atoms with E-state index >= 15 is 0 Å². The van der Waals surface area contributed by atoms with Crippen molar-refractivity contribution in [1.29, 1.82) is 0 Å². The molecule has 7 heteroatoms. The highest BCUT2D eigenvalue weighted by Gasteiger charge is 2.26. The van der Waals surface area contributed by atoms with Gasteiger partial charge in [-0.05, 0) is 39.3 Å². The second-order valence-electron chi connectivity index (χ2n) is 5.42. The van der Waals surface area contributed by atoms with Crippen molar-refractivity contribution >= 4 is 15.8 Å². The molecule has 0 aliphatic heterocycles. The smallest absolute Gasteiger partial charge is 0.335 e. The summed E-state index contributed by atoms with van der Waals surface area (Å²) >= 11 is 0. The van der Waals surface area contributed by atoms with Crippen LogP contribution in [0.3, 0.4) is 0 Å². The molecule has 21 heavy (non-hydrogen) atoms. The number of halogens is 1. The number of carbonyl (C=O) groups is 1. The molecule has 0 radical (unpaired) electrons. The monoisotopic (exact) mass is 318 g/mol. The molecule has 1 rings (SSSR count). The number of carboxylic acids is 1. The van der Waals surface area contributed by atoms with Gasteiger partial charge in [-0.25, -0.2) is 17.6 Å². The maximum atomic E-state index is 13.7. The number of benzene rings is 1. The van der Waals surface area contributed by atoms with E-state index < -0.39 is 27.2 Å². The fraction of sp³-hybridized carbons (Fsp3) is 0.500. The largest absolute Gasteiger partial charge is 0.478 e. The number of ether oxygens (including phenoxy) is 1. The maximum absolute atomic E-state index is 13.7. The van der Waals surface area contributed by atoms with E-state index in [1.54, 1.807) is 13.8 Å². The van der Waals surface area contributed by atoms with Crippen LogP contribution in [0.1, 0.15) is 36.2 Å². The standard InChI is InChI=1S/C14H19FO5S/c1-9-11(15)7-10(13(16)17)8-12(9)21(18,19)6-5-14(2,3)20-4/h7-8H,5-6H2,1-4H3,(H,16,17). The Bertz CT molecular complexity index is 650. The van der Waals surface area contributed by atoms with Crippen LogP contribution < -0.4 is 0 Å². The summed E-state index contributed by atoms with van der Waals surface area (Å²) in [5.41, 5.74) is -1.10. The van der Waals surface area contributed by atoms with Crippen LogP contribution in [0.5, 0.6) is 0 Å². The van der Waals surface area contributed by atoms with E-state index in [2.05, 4.69) is 0 Å². The number of aromatic carboxylic acids is 1. The molecule has 0 fully saturated rings. The van der Waals surface area contributed by atoms with E-state index in [4.69, 9.17) is 9.84 Å². The average molecular weight is 318 g/mol. The van der Waals surface area contributed by atoms with Gasteiger partial charge >= 0.3 is 5.97 Å². The molecule has 0 saturated carbocycles. The molecule has 0 heterocycles. The molecule has 1 aromatic rings. The molecule has 0 atom stereocenters. The van der Waals surface area contributed by atoms with Crippen molar-refractivity contribution < 1.29 is 27.4 Å². The van der Waals surface area contributed by atoms with Crippen LogP contribution in [-0.2, 0) is 14.6 Å². The minimum absolute atomic E-state index is 0.0739. The van der Waals surface area contributed by atoms with Crippen LogP contribution in [0, 0.1) is 12.7 Å². The van der Waals surface area contributed by atoms with Gasteiger partial charge in [-0.3, -0.25) is 0 Å². The number of methoxy groups -OCH3 is 1. The minimum Gasteiger partial charge on any atom is -0.478 e. The third-order valence-corrected chi connectivity index (χ3v) is 5.24. The van der Waals surface area contributed by atoms with Crippen molar-refractivity contribution in [2.24, 2.45) is 0 Å². The molecule has 5 nitrogen and oxygen atoms in total. The quantitative estimate of drug-likeness (QED) is 0.871. The van der Waals surface area contributed by atoms with Gasteiger partial charge in [0.2, 0.25) is 0 Å². The molecule has 0 saturated heterocycles. The van der Waals surface area contributed by atoms with Crippen molar-refractivity contribution in [3.05, 3.63) is 29.1 Å². The van der Waals surface area contributed by atoms with Gasteiger partial charge in [-0.15, -0.1) is 0 Å². The molecule has 1 N–H and O–H groups in total. The van der Waals surface area contributed by atoms with Crippen molar-refractivity contribution in [3.63, 3.8) is 0 Å². The summed E-state index contributed by atoms with van der Waals surface area (Å²) in [4.78, 5) is 10.6. The van der Waals surface area contributed by atoms with E-state index in [-0.39, 0.29) is 28.2 Å². The molecular weight excluding hydrogens is 299 g/mol. The lowest BCUT2D eigenvalue weighted by Gasteiger charge is -2.22. The van der Waals surface area contributed by atoms with Crippen LogP contribution in [-0.4, -0.2) is 38.0 Å². The number of hydrogen-bond donors (Lipinski definition) is 1. The summed E-state index contributed by atoms with van der Waals surface area (Å²) < 4.78 is 43.5. The van der Waals surface area contributed by atoms with Gasteiger partial charge in [0, 0.05) is 12.7 Å². The summed E-state index contributed by atoms with van der Waals surface area (Å²) in [5.74, 6) is -2.47. The molecule has 0 aromatic heterocycles. The maximum Gasteiger partial charge on any atom is 0.335 e. The van der Waals surface area contributed by atoms with E-state index in [0.29, 0.717) is 0 Å². The van der Waals surface area contributed by atoms with Crippen molar-refractivity contribution in [1.82, 2.24) is 0 Å². The molecule has 1 aromatic carbocycles. The summed E-state index contributed by atoms with van der Waals surface area (Å²) in [7, 11) is -2.32. The first-order valence-electron chi connectivity index (χ1n) is 6.31. The Balaban J connectivity index is 3.22. The topological polar surface area (TPSA) is 80.7 Å². The molecule has 0 spiro atoms. The third kappa shape index (κ3) is 4.25. The average Bonchev–Trinajstić information content (AvgIpc) is 2.39. The highest BCUT2D eigenvalue weighted by molar-refractivity contribution is 7.91. The first kappa shape index (κ1) is 17.6. The molecule has 0 unspecified atom stereocenters. The Kier molecular flexibility index (Phi) is 5.11. The molecule has 118 valence electrons. The zero-order valence-corrected chi connectivity index (χ0v) is 13.3. The lowest BCUT2D eigenvalue weighted by atomic mass is 10.1. The molecule has 0 amide bonds. The van der Waals surface area contributed by atoms with Crippen molar-refractivity contribution in [3.8, 4) is 0 Å². The Labute approximate surface area is 123 Å². The van der Waals surface area contributed by atoms with Crippen molar-refractivity contribution in [2.45, 2.75) is 37.7 Å². The first-order valence-corrected chi connectivity index (χ1v) is 7.97. The van der Waals surface area contributed by atoms with Gasteiger partial charge in [0.15, 0.2) is 9.84 Å². The molecular formula is C14H19FO5S. The van der Waals surface area contributed by atoms with Crippen LogP contribution in [0.25, 0.3) is 0 Å². The zero-order chi connectivity index (χ0) is 16.4. The van der Waals surface area contributed by atoms with Gasteiger partial charge in [0.05, 0.1) is 21.8 Å². The van der Waals surface area contributed by atoms with E-state index in [0.717, 1.165) is 12.1 Å². The number of sulfone groups is 1. The SMILES string of the molecule is COC(C)(C)CCS(=O)(=O)c1cc(C(=O)O)cc(F)c1C. The second kappa shape index (κ2) is 6.11. The van der Waals surface area contributed by atoms with E-state index in [9.17, 15) is 17.6 Å². The predicted molar refractivity (Wildman–Crippen MR) is 75.9 cm³/mol. The fourth-order valence-electron chi connectivity index (χ4n) is 1.69. The van der Waals surface area contributed by atoms with E-state index in [1.165, 1.54) is 14.0 Å². The number of rotatable bonds is 6. The lowest BCUT2D eigenvalue weighted by Crippen LogP contribution is -2.26. The fourth-order valence-corrected chi connectivity index (χ4v) is 3.54. The zero-order valence-electron chi connectivity index (χ0n) is 12.4. The summed E-state index contributed by atoms with van der Waals surface area (Å²) in [5, 5.41) is 8.91. The predicted octanol–water partition coefficient (Wildman–Crippen LogP) is 2.42. The Morgan fingerprint density at radius 2 is 1.95 bits per heavy atom. The van der Waals surface area contributed by atoms with E-state index in [1.807, 2.05) is 0 Å². The van der Waals surface area contributed by atoms with Gasteiger partial charge in [-0.1, -0.05) is 0 Å². The highest BCUT2D eigenvalue weighted by atomic mass is 32.2. The molecule has 0 bridgehead atoms. The third-order valence-electron chi connectivity index (χ3n) is 3.40. The van der Waals surface area contributed by atoms with Crippen LogP contribution in [0.4, 0.5) is 4.39 Å². The van der Waals surface area contributed by atoms with Gasteiger partial charge in [0.25, 0.3) is 0 Å². The number of carboxylic acid groups (broad SMARTS) is 1.